The van der Waals surface area contributed by atoms with E-state index in [4.69, 9.17) is 4.74 Å². The third kappa shape index (κ3) is 2.85. The average molecular weight is 271 g/mol. The lowest BCUT2D eigenvalue weighted by atomic mass is 9.77. The number of esters is 1. The molecule has 0 aliphatic heterocycles. The topological polar surface area (TPSA) is 38.3 Å². The van der Waals surface area contributed by atoms with Gasteiger partial charge in [-0.2, -0.15) is 11.8 Å². The van der Waals surface area contributed by atoms with Crippen LogP contribution in [0.25, 0.3) is 0 Å². The van der Waals surface area contributed by atoms with Gasteiger partial charge in [0.1, 0.15) is 6.04 Å². The van der Waals surface area contributed by atoms with Crippen molar-refractivity contribution in [1.82, 2.24) is 5.32 Å². The zero-order chi connectivity index (χ0) is 13.0. The molecule has 104 valence electrons. The molecule has 0 bridgehead atoms. The van der Waals surface area contributed by atoms with Crippen molar-refractivity contribution >= 4 is 17.7 Å². The first-order valence-corrected chi connectivity index (χ1v) is 8.33. The van der Waals surface area contributed by atoms with Crippen LogP contribution in [0.3, 0.4) is 0 Å². The molecule has 0 heterocycles. The van der Waals surface area contributed by atoms with Crippen LogP contribution < -0.4 is 5.32 Å². The summed E-state index contributed by atoms with van der Waals surface area (Å²) in [7, 11) is 1.50. The molecule has 0 aromatic heterocycles. The molecule has 1 unspecified atom stereocenters. The van der Waals surface area contributed by atoms with Crippen molar-refractivity contribution in [2.45, 2.75) is 68.2 Å². The van der Waals surface area contributed by atoms with Gasteiger partial charge in [-0.1, -0.05) is 25.7 Å². The molecule has 2 fully saturated rings. The van der Waals surface area contributed by atoms with Crippen LogP contribution >= 0.6 is 11.8 Å². The summed E-state index contributed by atoms with van der Waals surface area (Å²) >= 11 is 1.84. The molecule has 0 aromatic carbocycles. The predicted octanol–water partition coefficient (Wildman–Crippen LogP) is 2.74. The third-order valence-electron chi connectivity index (χ3n) is 4.58. The minimum Gasteiger partial charge on any atom is -0.468 e. The third-order valence-corrected chi connectivity index (χ3v) is 6.03. The van der Waals surface area contributed by atoms with Gasteiger partial charge in [-0.15, -0.1) is 0 Å². The molecule has 4 heteroatoms. The van der Waals surface area contributed by atoms with Crippen molar-refractivity contribution in [3.05, 3.63) is 0 Å². The number of carbonyl (C=O) groups is 1. The zero-order valence-corrected chi connectivity index (χ0v) is 12.4. The Bertz CT molecular complexity index is 280. The van der Waals surface area contributed by atoms with E-state index in [1.807, 2.05) is 11.8 Å². The molecule has 3 nitrogen and oxygen atoms in total. The first-order valence-electron chi connectivity index (χ1n) is 7.11. The van der Waals surface area contributed by atoms with Crippen LogP contribution in [0.4, 0.5) is 0 Å². The van der Waals surface area contributed by atoms with Gasteiger partial charge in [0.15, 0.2) is 0 Å². The SMILES string of the molecule is COC(=O)C(NC1CCCCC1)C1(SC)CCC1. The first kappa shape index (κ1) is 14.2. The molecule has 0 spiro atoms. The van der Waals surface area contributed by atoms with Gasteiger partial charge < -0.3 is 10.1 Å². The number of hydrogen-bond acceptors (Lipinski definition) is 4. The van der Waals surface area contributed by atoms with Crippen molar-refractivity contribution in [3.63, 3.8) is 0 Å². The second-order valence-corrected chi connectivity index (χ2v) is 6.80. The Morgan fingerprint density at radius 1 is 1.28 bits per heavy atom. The molecule has 2 rings (SSSR count). The Morgan fingerprint density at radius 2 is 1.94 bits per heavy atom. The van der Waals surface area contributed by atoms with Gasteiger partial charge in [0.2, 0.25) is 0 Å². The summed E-state index contributed by atoms with van der Waals surface area (Å²) in [6.45, 7) is 0. The average Bonchev–Trinajstić information content (AvgIpc) is 2.37. The van der Waals surface area contributed by atoms with E-state index >= 15 is 0 Å². The van der Waals surface area contributed by atoms with Crippen molar-refractivity contribution in [1.29, 1.82) is 0 Å². The number of ether oxygens (including phenoxy) is 1. The van der Waals surface area contributed by atoms with Gasteiger partial charge in [-0.25, -0.2) is 0 Å². The quantitative estimate of drug-likeness (QED) is 0.780. The monoisotopic (exact) mass is 271 g/mol. The van der Waals surface area contributed by atoms with Crippen LogP contribution in [0.1, 0.15) is 51.4 Å². The molecule has 0 aromatic rings. The van der Waals surface area contributed by atoms with Gasteiger partial charge in [0, 0.05) is 10.8 Å². The number of rotatable bonds is 5. The molecular formula is C14H25NO2S. The molecule has 1 atom stereocenters. The van der Waals surface area contributed by atoms with Gasteiger partial charge in [0.05, 0.1) is 7.11 Å². The van der Waals surface area contributed by atoms with E-state index < -0.39 is 0 Å². The summed E-state index contributed by atoms with van der Waals surface area (Å²) in [5.74, 6) is -0.0744. The standard InChI is InChI=1S/C14H25NO2S/c1-17-13(16)12(14(18-2)9-6-10-14)15-11-7-4-3-5-8-11/h11-12,15H,3-10H2,1-2H3. The van der Waals surface area contributed by atoms with E-state index in [1.54, 1.807) is 0 Å². The van der Waals surface area contributed by atoms with Crippen molar-refractivity contribution in [2.75, 3.05) is 13.4 Å². The lowest BCUT2D eigenvalue weighted by Gasteiger charge is -2.46. The van der Waals surface area contributed by atoms with E-state index in [-0.39, 0.29) is 16.8 Å². The molecule has 2 aliphatic rings. The van der Waals surface area contributed by atoms with Crippen LogP contribution in [0.2, 0.25) is 0 Å². The highest BCUT2D eigenvalue weighted by atomic mass is 32.2. The summed E-state index contributed by atoms with van der Waals surface area (Å²) in [5, 5.41) is 3.60. The first-order chi connectivity index (χ1) is 8.72. The second kappa shape index (κ2) is 6.29. The minimum absolute atomic E-state index is 0.0744. The highest BCUT2D eigenvalue weighted by Gasteiger charge is 2.48. The normalized spacial score (nSPS) is 25.2. The Hall–Kier alpha value is -0.220. The zero-order valence-electron chi connectivity index (χ0n) is 11.5. The maximum atomic E-state index is 12.1. The fourth-order valence-corrected chi connectivity index (χ4v) is 4.29. The summed E-state index contributed by atoms with van der Waals surface area (Å²) < 4.78 is 5.11. The minimum atomic E-state index is -0.116. The lowest BCUT2D eigenvalue weighted by molar-refractivity contribution is -0.145. The van der Waals surface area contributed by atoms with E-state index in [0.29, 0.717) is 6.04 Å². The van der Waals surface area contributed by atoms with E-state index in [1.165, 1.54) is 45.6 Å². The molecule has 2 aliphatic carbocycles. The Morgan fingerprint density at radius 3 is 2.39 bits per heavy atom. The van der Waals surface area contributed by atoms with E-state index in [2.05, 4.69) is 11.6 Å². The van der Waals surface area contributed by atoms with E-state index in [9.17, 15) is 4.79 Å². The number of nitrogens with one attached hydrogen (secondary N) is 1. The van der Waals surface area contributed by atoms with Crippen molar-refractivity contribution < 1.29 is 9.53 Å². The van der Waals surface area contributed by atoms with Gasteiger partial charge >= 0.3 is 5.97 Å². The predicted molar refractivity (Wildman–Crippen MR) is 75.9 cm³/mol. The molecule has 1 N–H and O–H groups in total. The molecule has 2 saturated carbocycles. The van der Waals surface area contributed by atoms with Crippen molar-refractivity contribution in [3.8, 4) is 0 Å². The summed E-state index contributed by atoms with van der Waals surface area (Å²) in [6, 6.07) is 0.391. The van der Waals surface area contributed by atoms with Crippen LogP contribution in [0.15, 0.2) is 0 Å². The Kier molecular flexibility index (Phi) is 4.96. The van der Waals surface area contributed by atoms with Crippen LogP contribution in [-0.2, 0) is 9.53 Å². The molecule has 0 amide bonds. The largest absolute Gasteiger partial charge is 0.468 e. The van der Waals surface area contributed by atoms with Crippen LogP contribution in [0, 0.1) is 0 Å². The molecule has 18 heavy (non-hydrogen) atoms. The maximum absolute atomic E-state index is 12.1. The molecular weight excluding hydrogens is 246 g/mol. The van der Waals surface area contributed by atoms with Gasteiger partial charge in [-0.05, 0) is 31.9 Å². The summed E-state index contributed by atoms with van der Waals surface area (Å²) in [5.41, 5.74) is 0. The number of methoxy groups -OCH3 is 1. The summed E-state index contributed by atoms with van der Waals surface area (Å²) in [4.78, 5) is 12.1. The fraction of sp³-hybridized carbons (Fsp3) is 0.929. The molecule has 0 radical (unpaired) electrons. The van der Waals surface area contributed by atoms with Gasteiger partial charge in [0.25, 0.3) is 0 Å². The van der Waals surface area contributed by atoms with Crippen LogP contribution in [0.5, 0.6) is 0 Å². The maximum Gasteiger partial charge on any atom is 0.324 e. The Labute approximate surface area is 114 Å². The highest BCUT2D eigenvalue weighted by Crippen LogP contribution is 2.46. The molecule has 0 saturated heterocycles. The fourth-order valence-electron chi connectivity index (χ4n) is 3.19. The van der Waals surface area contributed by atoms with Crippen molar-refractivity contribution in [2.24, 2.45) is 0 Å². The number of thioether (sulfide) groups is 1. The Balaban J connectivity index is 2.02. The second-order valence-electron chi connectivity index (χ2n) is 5.58. The van der Waals surface area contributed by atoms with Crippen LogP contribution in [-0.4, -0.2) is 36.2 Å². The lowest BCUT2D eigenvalue weighted by Crippen LogP contribution is -2.59. The summed E-state index contributed by atoms with van der Waals surface area (Å²) in [6.07, 6.45) is 12.0. The highest BCUT2D eigenvalue weighted by molar-refractivity contribution is 8.00. The van der Waals surface area contributed by atoms with E-state index in [0.717, 1.165) is 12.8 Å². The van der Waals surface area contributed by atoms with Gasteiger partial charge in [-0.3, -0.25) is 4.79 Å². The smallest absolute Gasteiger partial charge is 0.324 e. The number of carbonyl (C=O) groups excluding carboxylic acids is 1. The number of hydrogen-bond donors (Lipinski definition) is 1.